The number of halogens is 1. The van der Waals surface area contributed by atoms with Crippen molar-refractivity contribution in [1.29, 1.82) is 0 Å². The first-order chi connectivity index (χ1) is 6.19. The van der Waals surface area contributed by atoms with Crippen molar-refractivity contribution in [2.45, 2.75) is 4.90 Å². The van der Waals surface area contributed by atoms with Crippen molar-refractivity contribution in [3.8, 4) is 0 Å². The van der Waals surface area contributed by atoms with Crippen LogP contribution in [0.15, 0.2) is 23.4 Å². The topological polar surface area (TPSA) is 30.2 Å². The van der Waals surface area contributed by atoms with E-state index in [9.17, 15) is 4.79 Å². The molecule has 0 amide bonds. The van der Waals surface area contributed by atoms with Gasteiger partial charge in [0.1, 0.15) is 12.6 Å². The predicted molar refractivity (Wildman–Crippen MR) is 50.7 cm³/mol. The molecule has 1 aromatic rings. The molecule has 0 fully saturated rings. The number of aryl methyl sites for hydroxylation is 1. The molecule has 1 rings (SSSR count). The molecule has 0 radical (unpaired) electrons. The van der Waals surface area contributed by atoms with Crippen LogP contribution in [0.2, 0.25) is 0 Å². The summed E-state index contributed by atoms with van der Waals surface area (Å²) in [6.07, 6.45) is 5.59. The Hall–Kier alpha value is -0.300. The van der Waals surface area contributed by atoms with Gasteiger partial charge in [0.05, 0.1) is 7.11 Å². The van der Waals surface area contributed by atoms with Crippen LogP contribution in [0, 0.1) is 0 Å². The Bertz CT molecular complexity index is 331. The minimum Gasteiger partial charge on any atom is -1.00 e. The number of hydrogen-bond acceptors (Lipinski definition) is 3. The van der Waals surface area contributed by atoms with Gasteiger partial charge in [0, 0.05) is 11.0 Å². The quantitative estimate of drug-likeness (QED) is 0.273. The molecule has 1 heterocycles. The molecule has 5 heteroatoms. The normalized spacial score (nSPS) is 9.07. The van der Waals surface area contributed by atoms with Crippen LogP contribution < -0.4 is 28.5 Å². The molecule has 0 atom stereocenters. The fraction of sp³-hybridized carbons (Fsp3) is 0.333. The van der Waals surface area contributed by atoms with Gasteiger partial charge in [-0.1, -0.05) is 0 Å². The van der Waals surface area contributed by atoms with Crippen molar-refractivity contribution >= 4 is 17.7 Å². The summed E-state index contributed by atoms with van der Waals surface area (Å²) < 4.78 is 6.49. The third-order valence-electron chi connectivity index (χ3n) is 1.68. The largest absolute Gasteiger partial charge is 1.00 e. The number of thioether (sulfide) groups is 1. The number of esters is 1. The molecule has 0 aliphatic rings. The van der Waals surface area contributed by atoms with E-state index in [-0.39, 0.29) is 29.9 Å². The van der Waals surface area contributed by atoms with Crippen LogP contribution in [0.4, 0.5) is 0 Å². The summed E-state index contributed by atoms with van der Waals surface area (Å²) in [6, 6.07) is 1.90. The lowest BCUT2D eigenvalue weighted by atomic mass is 10.3. The standard InChI is InChI=1S/C9H12NO2S.HI/c1-10-5-4-8(13-3)7(6-10)9(11)12-2;/h4-6H,1-3H3;1H/q+1;/p-1. The molecule has 0 aliphatic carbocycles. The van der Waals surface area contributed by atoms with Crippen LogP contribution in [-0.4, -0.2) is 19.3 Å². The van der Waals surface area contributed by atoms with Gasteiger partial charge in [0.25, 0.3) is 0 Å². The lowest BCUT2D eigenvalue weighted by Gasteiger charge is -2.02. The molecule has 0 saturated heterocycles. The van der Waals surface area contributed by atoms with Crippen molar-refractivity contribution < 1.29 is 38.1 Å². The summed E-state index contributed by atoms with van der Waals surface area (Å²) in [5, 5.41) is 0. The van der Waals surface area contributed by atoms with Gasteiger partial charge in [0.2, 0.25) is 0 Å². The molecule has 0 unspecified atom stereocenters. The average Bonchev–Trinajstić information content (AvgIpc) is 2.16. The summed E-state index contributed by atoms with van der Waals surface area (Å²) >= 11 is 1.53. The van der Waals surface area contributed by atoms with Crippen LogP contribution in [0.5, 0.6) is 0 Å². The highest BCUT2D eigenvalue weighted by molar-refractivity contribution is 7.98. The van der Waals surface area contributed by atoms with E-state index >= 15 is 0 Å². The Balaban J connectivity index is 0.00000169. The summed E-state index contributed by atoms with van der Waals surface area (Å²) in [4.78, 5) is 12.2. The number of pyridine rings is 1. The Morgan fingerprint density at radius 3 is 2.71 bits per heavy atom. The van der Waals surface area contributed by atoms with E-state index in [4.69, 9.17) is 0 Å². The first-order valence-electron chi connectivity index (χ1n) is 3.80. The molecular weight excluding hydrogens is 313 g/mol. The van der Waals surface area contributed by atoms with Crippen molar-refractivity contribution in [3.05, 3.63) is 24.0 Å². The number of hydrogen-bond donors (Lipinski definition) is 0. The smallest absolute Gasteiger partial charge is 0.345 e. The predicted octanol–water partition coefficient (Wildman–Crippen LogP) is -1.98. The summed E-state index contributed by atoms with van der Waals surface area (Å²) in [5.74, 6) is -0.291. The highest BCUT2D eigenvalue weighted by atomic mass is 127. The fourth-order valence-corrected chi connectivity index (χ4v) is 1.58. The van der Waals surface area contributed by atoms with E-state index in [2.05, 4.69) is 4.74 Å². The van der Waals surface area contributed by atoms with Gasteiger partial charge in [-0.2, -0.15) is 0 Å². The second-order valence-electron chi connectivity index (χ2n) is 2.58. The minimum absolute atomic E-state index is 0. The molecule has 14 heavy (non-hydrogen) atoms. The van der Waals surface area contributed by atoms with Crippen LogP contribution >= 0.6 is 11.8 Å². The summed E-state index contributed by atoms with van der Waals surface area (Å²) in [6.45, 7) is 0. The summed E-state index contributed by atoms with van der Waals surface area (Å²) in [7, 11) is 3.26. The molecule has 3 nitrogen and oxygen atoms in total. The average molecular weight is 325 g/mol. The fourth-order valence-electron chi connectivity index (χ4n) is 1.03. The Labute approximate surface area is 105 Å². The van der Waals surface area contributed by atoms with Gasteiger partial charge in [-0.25, -0.2) is 9.36 Å². The Morgan fingerprint density at radius 2 is 2.21 bits per heavy atom. The first-order valence-corrected chi connectivity index (χ1v) is 5.03. The van der Waals surface area contributed by atoms with Crippen LogP contribution in [0.3, 0.4) is 0 Å². The zero-order valence-corrected chi connectivity index (χ0v) is 11.3. The van der Waals surface area contributed by atoms with Crippen molar-refractivity contribution in [3.63, 3.8) is 0 Å². The molecule has 1 aromatic heterocycles. The van der Waals surface area contributed by atoms with E-state index in [1.165, 1.54) is 18.9 Å². The van der Waals surface area contributed by atoms with Crippen molar-refractivity contribution in [2.24, 2.45) is 7.05 Å². The number of carbonyl (C=O) groups excluding carboxylic acids is 1. The van der Waals surface area contributed by atoms with Gasteiger partial charge in [0.15, 0.2) is 12.4 Å². The van der Waals surface area contributed by atoms with Crippen molar-refractivity contribution in [2.75, 3.05) is 13.4 Å². The van der Waals surface area contributed by atoms with E-state index in [1.807, 2.05) is 30.1 Å². The SMILES string of the molecule is COC(=O)c1c[n+](C)ccc1SC.[I-]. The van der Waals surface area contributed by atoms with Crippen LogP contribution in [0.1, 0.15) is 10.4 Å². The van der Waals surface area contributed by atoms with Crippen LogP contribution in [-0.2, 0) is 11.8 Å². The van der Waals surface area contributed by atoms with Crippen molar-refractivity contribution in [1.82, 2.24) is 0 Å². The van der Waals surface area contributed by atoms with E-state index < -0.39 is 0 Å². The number of aromatic nitrogens is 1. The number of carbonyl (C=O) groups is 1. The zero-order valence-electron chi connectivity index (χ0n) is 8.28. The van der Waals surface area contributed by atoms with Gasteiger partial charge in [-0.05, 0) is 6.26 Å². The lowest BCUT2D eigenvalue weighted by molar-refractivity contribution is -0.672. The molecule has 0 aromatic carbocycles. The molecule has 0 aliphatic heterocycles. The molecule has 0 N–H and O–H groups in total. The van der Waals surface area contributed by atoms with Gasteiger partial charge in [-0.3, -0.25) is 0 Å². The van der Waals surface area contributed by atoms with E-state index in [0.717, 1.165) is 4.90 Å². The molecule has 0 saturated carbocycles. The molecule has 78 valence electrons. The number of rotatable bonds is 2. The number of nitrogens with zero attached hydrogens (tertiary/aromatic N) is 1. The van der Waals surface area contributed by atoms with Gasteiger partial charge < -0.3 is 28.7 Å². The second kappa shape index (κ2) is 6.23. The zero-order chi connectivity index (χ0) is 9.84. The van der Waals surface area contributed by atoms with Crippen LogP contribution in [0.25, 0.3) is 0 Å². The maximum atomic E-state index is 11.3. The molecular formula is C9H12INO2S. The molecule has 0 spiro atoms. The Kier molecular flexibility index (Phi) is 6.10. The van der Waals surface area contributed by atoms with E-state index in [0.29, 0.717) is 5.56 Å². The number of ether oxygens (including phenoxy) is 1. The monoisotopic (exact) mass is 325 g/mol. The maximum Gasteiger partial charge on any atom is 0.345 e. The first kappa shape index (κ1) is 13.7. The lowest BCUT2D eigenvalue weighted by Crippen LogP contribution is -3.00. The second-order valence-corrected chi connectivity index (χ2v) is 3.43. The summed E-state index contributed by atoms with van der Waals surface area (Å²) in [5.41, 5.74) is 0.611. The number of methoxy groups -OCH3 is 1. The third-order valence-corrected chi connectivity index (χ3v) is 2.48. The Morgan fingerprint density at radius 1 is 1.57 bits per heavy atom. The third kappa shape index (κ3) is 3.13. The highest BCUT2D eigenvalue weighted by Gasteiger charge is 2.14. The minimum atomic E-state index is -0.291. The van der Waals surface area contributed by atoms with Gasteiger partial charge >= 0.3 is 5.97 Å². The van der Waals surface area contributed by atoms with E-state index in [1.54, 1.807) is 6.20 Å². The highest BCUT2D eigenvalue weighted by Crippen LogP contribution is 2.18. The maximum absolute atomic E-state index is 11.3. The molecule has 0 bridgehead atoms. The van der Waals surface area contributed by atoms with Gasteiger partial charge in [-0.15, -0.1) is 11.8 Å².